The molecule has 0 amide bonds. The molecule has 2 aliphatic carbocycles. The van der Waals surface area contributed by atoms with Crippen LogP contribution in [0.3, 0.4) is 0 Å². The van der Waals surface area contributed by atoms with Gasteiger partial charge in [-0.25, -0.2) is 4.57 Å². The Morgan fingerprint density at radius 3 is 1.84 bits per heavy atom. The second-order valence-corrected chi connectivity index (χ2v) is 9.46. The van der Waals surface area contributed by atoms with Gasteiger partial charge in [-0.1, -0.05) is 71.6 Å². The maximum Gasteiger partial charge on any atom is 0.475 e. The molecule has 0 aliphatic heterocycles. The van der Waals surface area contributed by atoms with Crippen molar-refractivity contribution in [3.63, 3.8) is 0 Å². The van der Waals surface area contributed by atoms with Crippen molar-refractivity contribution in [3.05, 3.63) is 0 Å². The van der Waals surface area contributed by atoms with Crippen LogP contribution in [0.5, 0.6) is 0 Å². The average molecular weight is 375 g/mol. The van der Waals surface area contributed by atoms with Gasteiger partial charge in [-0.15, -0.1) is 0 Å². The van der Waals surface area contributed by atoms with Crippen molar-refractivity contribution in [3.8, 4) is 0 Å². The van der Waals surface area contributed by atoms with Crippen molar-refractivity contribution >= 4 is 7.82 Å². The molecule has 0 spiro atoms. The molecule has 25 heavy (non-hydrogen) atoms. The molecule has 5 heteroatoms. The van der Waals surface area contributed by atoms with E-state index >= 15 is 0 Å². The zero-order valence-electron chi connectivity index (χ0n) is 16.4. The fraction of sp³-hybridized carbons (Fsp3) is 1.00. The van der Waals surface area contributed by atoms with E-state index in [1.54, 1.807) is 0 Å². The Morgan fingerprint density at radius 1 is 0.880 bits per heavy atom. The summed E-state index contributed by atoms with van der Waals surface area (Å²) < 4.78 is 31.3. The molecule has 1 atom stereocenters. The second kappa shape index (κ2) is 11.7. The van der Waals surface area contributed by atoms with E-state index in [1.165, 1.54) is 25.7 Å². The van der Waals surface area contributed by atoms with E-state index in [0.717, 1.165) is 64.2 Å². The second-order valence-electron chi connectivity index (χ2n) is 7.89. The van der Waals surface area contributed by atoms with Crippen LogP contribution in [-0.4, -0.2) is 18.8 Å². The van der Waals surface area contributed by atoms with Crippen LogP contribution in [-0.2, 0) is 18.1 Å². The molecule has 148 valence electrons. The Bertz CT molecular complexity index is 365. The number of phosphoric ester groups is 1. The summed E-state index contributed by atoms with van der Waals surface area (Å²) >= 11 is 0. The smallest absolute Gasteiger partial charge is 0.287 e. The van der Waals surface area contributed by atoms with Gasteiger partial charge in [0.15, 0.2) is 0 Å². The Labute approximate surface area is 155 Å². The third-order valence-corrected chi connectivity index (χ3v) is 7.25. The van der Waals surface area contributed by atoms with E-state index in [9.17, 15) is 4.57 Å². The molecule has 2 saturated carbocycles. The van der Waals surface area contributed by atoms with Gasteiger partial charge >= 0.3 is 7.82 Å². The zero-order valence-corrected chi connectivity index (χ0v) is 17.3. The Morgan fingerprint density at radius 2 is 1.40 bits per heavy atom. The molecule has 0 aromatic carbocycles. The summed E-state index contributed by atoms with van der Waals surface area (Å²) in [6.07, 6.45) is 15.7. The van der Waals surface area contributed by atoms with E-state index in [2.05, 4.69) is 13.8 Å². The average Bonchev–Trinajstić information content (AvgIpc) is 2.63. The molecule has 0 bridgehead atoms. The van der Waals surface area contributed by atoms with Crippen LogP contribution in [0.4, 0.5) is 0 Å². The van der Waals surface area contributed by atoms with E-state index in [1.807, 2.05) is 0 Å². The first-order chi connectivity index (χ1) is 12.1. The Kier molecular flexibility index (Phi) is 10.1. The third kappa shape index (κ3) is 8.12. The van der Waals surface area contributed by atoms with Crippen LogP contribution in [0, 0.1) is 5.92 Å². The Balaban J connectivity index is 1.92. The van der Waals surface area contributed by atoms with Crippen LogP contribution in [0.15, 0.2) is 0 Å². The van der Waals surface area contributed by atoms with Gasteiger partial charge in [-0.05, 0) is 38.0 Å². The molecule has 0 N–H and O–H groups in total. The molecular weight excluding hydrogens is 335 g/mol. The van der Waals surface area contributed by atoms with Crippen LogP contribution in [0.1, 0.15) is 104 Å². The van der Waals surface area contributed by atoms with Gasteiger partial charge in [-0.3, -0.25) is 13.6 Å². The summed E-state index contributed by atoms with van der Waals surface area (Å²) in [7, 11) is -3.46. The Hall–Kier alpha value is 0.110. The molecule has 0 aromatic rings. The van der Waals surface area contributed by atoms with Gasteiger partial charge in [0.05, 0.1) is 18.8 Å². The maximum atomic E-state index is 13.4. The molecule has 4 nitrogen and oxygen atoms in total. The maximum absolute atomic E-state index is 13.4. The lowest BCUT2D eigenvalue weighted by molar-refractivity contribution is 0.0241. The van der Waals surface area contributed by atoms with Crippen molar-refractivity contribution in [1.82, 2.24) is 0 Å². The molecule has 0 aromatic heterocycles. The van der Waals surface area contributed by atoms with Crippen molar-refractivity contribution in [2.24, 2.45) is 5.92 Å². The molecule has 2 fully saturated rings. The predicted octanol–water partition coefficient (Wildman–Crippen LogP) is 7.03. The highest BCUT2D eigenvalue weighted by molar-refractivity contribution is 7.48. The van der Waals surface area contributed by atoms with Crippen molar-refractivity contribution in [1.29, 1.82) is 0 Å². The molecule has 2 rings (SSSR count). The summed E-state index contributed by atoms with van der Waals surface area (Å²) in [5.74, 6) is 0.443. The first-order valence-electron chi connectivity index (χ1n) is 10.8. The first kappa shape index (κ1) is 21.4. The highest BCUT2D eigenvalue weighted by atomic mass is 31.2. The SMILES string of the molecule is CCCCC(CC)COP(=O)(OC1CCCCC1)OC1CCCCC1. The molecular formula is C20H39O4P. The van der Waals surface area contributed by atoms with Crippen LogP contribution >= 0.6 is 7.82 Å². The predicted molar refractivity (Wildman–Crippen MR) is 103 cm³/mol. The molecule has 1 unspecified atom stereocenters. The van der Waals surface area contributed by atoms with Gasteiger partial charge in [0.2, 0.25) is 0 Å². The summed E-state index contributed by atoms with van der Waals surface area (Å²) in [4.78, 5) is 0. The monoisotopic (exact) mass is 374 g/mol. The fourth-order valence-corrected chi connectivity index (χ4v) is 5.60. The molecule has 0 heterocycles. The van der Waals surface area contributed by atoms with Gasteiger partial charge in [0, 0.05) is 0 Å². The lowest BCUT2D eigenvalue weighted by Gasteiger charge is -2.31. The minimum Gasteiger partial charge on any atom is -0.287 e. The van der Waals surface area contributed by atoms with Crippen LogP contribution in [0.2, 0.25) is 0 Å². The summed E-state index contributed by atoms with van der Waals surface area (Å²) in [5.41, 5.74) is 0. The van der Waals surface area contributed by atoms with E-state index in [-0.39, 0.29) is 12.2 Å². The normalized spacial score (nSPS) is 22.2. The van der Waals surface area contributed by atoms with Gasteiger partial charge < -0.3 is 0 Å². The fourth-order valence-electron chi connectivity index (χ4n) is 3.89. The first-order valence-corrected chi connectivity index (χ1v) is 12.2. The number of unbranched alkanes of at least 4 members (excludes halogenated alkanes) is 1. The highest BCUT2D eigenvalue weighted by Crippen LogP contribution is 2.54. The van der Waals surface area contributed by atoms with Crippen LogP contribution in [0.25, 0.3) is 0 Å². The lowest BCUT2D eigenvalue weighted by Crippen LogP contribution is -2.22. The van der Waals surface area contributed by atoms with Crippen molar-refractivity contribution in [2.75, 3.05) is 6.61 Å². The van der Waals surface area contributed by atoms with Crippen LogP contribution < -0.4 is 0 Å². The van der Waals surface area contributed by atoms with Crippen molar-refractivity contribution in [2.45, 2.75) is 116 Å². The summed E-state index contributed by atoms with van der Waals surface area (Å²) in [5, 5.41) is 0. The number of hydrogen-bond acceptors (Lipinski definition) is 4. The standard InChI is InChI=1S/C20H39O4P/c1-3-5-12-18(4-2)17-22-25(21,23-19-13-8-6-9-14-19)24-20-15-10-7-11-16-20/h18-20H,3-17H2,1-2H3. The third-order valence-electron chi connectivity index (χ3n) is 5.67. The highest BCUT2D eigenvalue weighted by Gasteiger charge is 2.35. The number of phosphoric acid groups is 1. The van der Waals surface area contributed by atoms with E-state index in [0.29, 0.717) is 12.5 Å². The largest absolute Gasteiger partial charge is 0.475 e. The molecule has 2 aliphatic rings. The number of rotatable bonds is 11. The van der Waals surface area contributed by atoms with Gasteiger partial charge in [-0.2, -0.15) is 0 Å². The van der Waals surface area contributed by atoms with Gasteiger partial charge in [0.1, 0.15) is 0 Å². The number of hydrogen-bond donors (Lipinski definition) is 0. The minimum atomic E-state index is -3.46. The topological polar surface area (TPSA) is 44.8 Å². The molecule has 0 saturated heterocycles. The van der Waals surface area contributed by atoms with Gasteiger partial charge in [0.25, 0.3) is 0 Å². The van der Waals surface area contributed by atoms with E-state index < -0.39 is 7.82 Å². The quantitative estimate of drug-likeness (QED) is 0.364. The molecule has 0 radical (unpaired) electrons. The minimum absolute atomic E-state index is 0.0406. The summed E-state index contributed by atoms with van der Waals surface area (Å²) in [6, 6.07) is 0. The van der Waals surface area contributed by atoms with Crippen molar-refractivity contribution < 1.29 is 18.1 Å². The zero-order chi connectivity index (χ0) is 18.0. The van der Waals surface area contributed by atoms with E-state index in [4.69, 9.17) is 13.6 Å². The summed E-state index contributed by atoms with van der Waals surface area (Å²) in [6.45, 7) is 4.88. The lowest BCUT2D eigenvalue weighted by atomic mass is 9.98.